The number of nitrogens with one attached hydrogen (secondary N) is 1. The molecule has 4 rings (SSSR count). The highest BCUT2D eigenvalue weighted by molar-refractivity contribution is 5.98. The summed E-state index contributed by atoms with van der Waals surface area (Å²) < 4.78 is 22.3. The smallest absolute Gasteiger partial charge is 0.231 e. The van der Waals surface area contributed by atoms with Crippen LogP contribution in [-0.4, -0.2) is 37.3 Å². The zero-order chi connectivity index (χ0) is 22.7. The van der Waals surface area contributed by atoms with Crippen molar-refractivity contribution in [2.75, 3.05) is 21.3 Å². The Morgan fingerprint density at radius 2 is 1.62 bits per heavy atom. The van der Waals surface area contributed by atoms with E-state index in [1.807, 2.05) is 49.5 Å². The molecule has 1 unspecified atom stereocenters. The molecule has 2 heterocycles. The Morgan fingerprint density at radius 1 is 0.938 bits per heavy atom. The molecule has 1 atom stereocenters. The first-order chi connectivity index (χ1) is 15.5. The van der Waals surface area contributed by atoms with Crippen molar-refractivity contribution in [1.82, 2.24) is 10.2 Å². The summed E-state index contributed by atoms with van der Waals surface area (Å²) >= 11 is 0. The van der Waals surface area contributed by atoms with E-state index in [2.05, 4.69) is 10.2 Å². The summed E-state index contributed by atoms with van der Waals surface area (Å²) in [5.41, 5.74) is 4.34. The van der Waals surface area contributed by atoms with Gasteiger partial charge in [0, 0.05) is 30.0 Å². The second-order valence-corrected chi connectivity index (χ2v) is 7.26. The second-order valence-electron chi connectivity index (χ2n) is 7.26. The van der Waals surface area contributed by atoms with Crippen LogP contribution in [0.2, 0.25) is 0 Å². The van der Waals surface area contributed by atoms with Crippen LogP contribution in [0, 0.1) is 6.92 Å². The van der Waals surface area contributed by atoms with Crippen LogP contribution in [0.3, 0.4) is 0 Å². The summed E-state index contributed by atoms with van der Waals surface area (Å²) in [5.74, 6) is 1.84. The Balaban J connectivity index is 1.60. The number of carbonyl (C=O) groups is 1. The Morgan fingerprint density at radius 3 is 2.19 bits per heavy atom. The monoisotopic (exact) mass is 432 g/mol. The molecule has 2 aromatic heterocycles. The lowest BCUT2D eigenvalue weighted by atomic mass is 10.0. The predicted molar refractivity (Wildman–Crippen MR) is 120 cm³/mol. The lowest BCUT2D eigenvalue weighted by Crippen LogP contribution is -2.14. The molecule has 0 saturated heterocycles. The van der Waals surface area contributed by atoms with Crippen molar-refractivity contribution < 1.29 is 23.4 Å². The van der Waals surface area contributed by atoms with Crippen molar-refractivity contribution >= 4 is 5.78 Å². The molecular weight excluding hydrogens is 408 g/mol. The van der Waals surface area contributed by atoms with Crippen LogP contribution < -0.4 is 9.47 Å². The van der Waals surface area contributed by atoms with E-state index >= 15 is 0 Å². The molecule has 7 heteroatoms. The summed E-state index contributed by atoms with van der Waals surface area (Å²) in [6.07, 6.45) is 2.77. The van der Waals surface area contributed by atoms with E-state index in [4.69, 9.17) is 18.6 Å². The minimum atomic E-state index is -0.783. The fourth-order valence-corrected chi connectivity index (χ4v) is 3.64. The molecule has 1 N–H and O–H groups in total. The predicted octanol–water partition coefficient (Wildman–Crippen LogP) is 5.23. The summed E-state index contributed by atoms with van der Waals surface area (Å²) in [5, 5.41) is 6.75. The summed E-state index contributed by atoms with van der Waals surface area (Å²) in [6, 6.07) is 14.7. The van der Waals surface area contributed by atoms with Crippen LogP contribution in [0.25, 0.3) is 22.5 Å². The normalized spacial score (nSPS) is 11.9. The number of carbonyl (C=O) groups excluding carboxylic acids is 1. The van der Waals surface area contributed by atoms with Crippen molar-refractivity contribution in [2.45, 2.75) is 13.0 Å². The molecule has 0 amide bonds. The maximum Gasteiger partial charge on any atom is 0.231 e. The number of hydrogen-bond donors (Lipinski definition) is 1. The number of aromatic amines is 1. The summed E-state index contributed by atoms with van der Waals surface area (Å²) in [4.78, 5) is 13.2. The molecule has 0 aliphatic carbocycles. The highest BCUT2D eigenvalue weighted by Gasteiger charge is 2.25. The van der Waals surface area contributed by atoms with Crippen molar-refractivity contribution in [3.63, 3.8) is 0 Å². The molecule has 0 fully saturated rings. The van der Waals surface area contributed by atoms with Crippen LogP contribution in [0.4, 0.5) is 0 Å². The molecule has 0 spiro atoms. The quantitative estimate of drug-likeness (QED) is 0.384. The van der Waals surface area contributed by atoms with Crippen molar-refractivity contribution in [2.24, 2.45) is 0 Å². The lowest BCUT2D eigenvalue weighted by molar-refractivity contribution is 0.0577. The Kier molecular flexibility index (Phi) is 6.09. The van der Waals surface area contributed by atoms with E-state index in [0.717, 1.165) is 27.8 Å². The van der Waals surface area contributed by atoms with Gasteiger partial charge in [0.2, 0.25) is 5.78 Å². The van der Waals surface area contributed by atoms with Gasteiger partial charge < -0.3 is 18.6 Å². The molecule has 2 aromatic carbocycles. The Bertz CT molecular complexity index is 1180. The molecule has 4 aromatic rings. The Hall–Kier alpha value is -3.84. The molecule has 164 valence electrons. The largest absolute Gasteiger partial charge is 0.496 e. The topological polar surface area (TPSA) is 86.6 Å². The highest BCUT2D eigenvalue weighted by Crippen LogP contribution is 2.35. The fourth-order valence-electron chi connectivity index (χ4n) is 3.64. The van der Waals surface area contributed by atoms with Gasteiger partial charge in [0.05, 0.1) is 20.4 Å². The number of rotatable bonds is 8. The van der Waals surface area contributed by atoms with Gasteiger partial charge in [0.1, 0.15) is 23.4 Å². The fraction of sp³-hybridized carbons (Fsp3) is 0.200. The number of ketones is 1. The number of H-pyrrole nitrogens is 1. The number of nitrogens with zero attached hydrogens (tertiary/aromatic N) is 1. The number of hydrogen-bond acceptors (Lipinski definition) is 6. The second kappa shape index (κ2) is 9.11. The molecule has 0 bridgehead atoms. The van der Waals surface area contributed by atoms with Gasteiger partial charge in [-0.05, 0) is 42.3 Å². The SMILES string of the molecule is COc1cc(-c2ccc(C(=O)C(OC)c3ccc(-c4cn[nH]c4)cc3)o2)cc(OC)c1C. The van der Waals surface area contributed by atoms with Gasteiger partial charge in [0.25, 0.3) is 0 Å². The number of furan rings is 1. The third-order valence-corrected chi connectivity index (χ3v) is 5.40. The van der Waals surface area contributed by atoms with E-state index < -0.39 is 6.10 Å². The molecule has 0 radical (unpaired) electrons. The van der Waals surface area contributed by atoms with E-state index in [0.29, 0.717) is 17.3 Å². The molecule has 0 aliphatic heterocycles. The number of ether oxygens (including phenoxy) is 3. The van der Waals surface area contributed by atoms with Gasteiger partial charge in [0.15, 0.2) is 5.76 Å². The average Bonchev–Trinajstić information content (AvgIpc) is 3.53. The molecule has 32 heavy (non-hydrogen) atoms. The first-order valence-electron chi connectivity index (χ1n) is 10.0. The number of methoxy groups -OCH3 is 3. The van der Waals surface area contributed by atoms with Crippen LogP contribution in [-0.2, 0) is 4.74 Å². The average molecular weight is 432 g/mol. The zero-order valence-corrected chi connectivity index (χ0v) is 18.3. The third-order valence-electron chi connectivity index (χ3n) is 5.40. The Labute approximate surface area is 185 Å². The maximum atomic E-state index is 13.2. The number of aromatic nitrogens is 2. The van der Waals surface area contributed by atoms with Crippen LogP contribution in [0.15, 0.2) is 65.3 Å². The maximum absolute atomic E-state index is 13.2. The minimum absolute atomic E-state index is 0.212. The van der Waals surface area contributed by atoms with E-state index in [-0.39, 0.29) is 11.5 Å². The van der Waals surface area contributed by atoms with Crippen molar-refractivity contribution in [3.05, 3.63) is 77.8 Å². The number of benzene rings is 2. The van der Waals surface area contributed by atoms with Gasteiger partial charge in [-0.25, -0.2) is 0 Å². The lowest BCUT2D eigenvalue weighted by Gasteiger charge is -2.14. The van der Waals surface area contributed by atoms with Gasteiger partial charge in [-0.3, -0.25) is 9.89 Å². The summed E-state index contributed by atoms with van der Waals surface area (Å²) in [7, 11) is 4.71. The van der Waals surface area contributed by atoms with Gasteiger partial charge in [-0.15, -0.1) is 0 Å². The van der Waals surface area contributed by atoms with Crippen molar-refractivity contribution in [1.29, 1.82) is 0 Å². The van der Waals surface area contributed by atoms with Crippen LogP contribution in [0.1, 0.15) is 27.8 Å². The number of Topliss-reactive ketones (excluding diaryl/α,β-unsaturated/α-hetero) is 1. The third kappa shape index (κ3) is 4.02. The molecular formula is C25H24N2O5. The van der Waals surface area contributed by atoms with Crippen LogP contribution >= 0.6 is 0 Å². The van der Waals surface area contributed by atoms with E-state index in [1.165, 1.54) is 7.11 Å². The van der Waals surface area contributed by atoms with E-state index in [9.17, 15) is 4.79 Å². The van der Waals surface area contributed by atoms with E-state index in [1.54, 1.807) is 32.5 Å². The zero-order valence-electron chi connectivity index (χ0n) is 18.3. The first kappa shape index (κ1) is 21.4. The molecule has 0 saturated carbocycles. The summed E-state index contributed by atoms with van der Waals surface area (Å²) in [6.45, 7) is 1.92. The molecule has 7 nitrogen and oxygen atoms in total. The van der Waals surface area contributed by atoms with Gasteiger partial charge in [-0.2, -0.15) is 5.10 Å². The first-order valence-corrected chi connectivity index (χ1v) is 10.0. The molecule has 0 aliphatic rings. The highest BCUT2D eigenvalue weighted by atomic mass is 16.5. The van der Waals surface area contributed by atoms with Gasteiger partial charge in [-0.1, -0.05) is 24.3 Å². The minimum Gasteiger partial charge on any atom is -0.496 e. The standard InChI is InChI=1S/C25H24N2O5/c1-15-22(29-2)11-18(12-23(15)30-3)20-9-10-21(32-20)24(28)25(31-4)17-7-5-16(6-8-17)19-13-26-27-14-19/h5-14,25H,1-4H3,(H,26,27). The van der Waals surface area contributed by atoms with Crippen molar-refractivity contribution in [3.8, 4) is 33.9 Å². The van der Waals surface area contributed by atoms with Gasteiger partial charge >= 0.3 is 0 Å². The van der Waals surface area contributed by atoms with Crippen LogP contribution in [0.5, 0.6) is 11.5 Å².